The van der Waals surface area contributed by atoms with Gasteiger partial charge in [0, 0.05) is 17.1 Å². The van der Waals surface area contributed by atoms with Crippen LogP contribution >= 0.6 is 11.6 Å². The van der Waals surface area contributed by atoms with Crippen molar-refractivity contribution in [3.63, 3.8) is 0 Å². The highest BCUT2D eigenvalue weighted by Crippen LogP contribution is 2.23. The van der Waals surface area contributed by atoms with Gasteiger partial charge in [0.2, 0.25) is 5.91 Å². The van der Waals surface area contributed by atoms with E-state index in [4.69, 9.17) is 11.6 Å². The number of rotatable bonds is 5. The topological polar surface area (TPSA) is 66.5 Å². The number of nitrogens with one attached hydrogen (secondary N) is 1. The first-order chi connectivity index (χ1) is 10.6. The Morgan fingerprint density at radius 1 is 1.48 bits per heavy atom. The zero-order valence-electron chi connectivity index (χ0n) is 13.1. The van der Waals surface area contributed by atoms with E-state index < -0.39 is 21.2 Å². The Bertz CT molecular complexity index is 690. The summed E-state index contributed by atoms with van der Waals surface area (Å²) in [6, 6.07) is 4.44. The maximum atomic E-state index is 13.7. The van der Waals surface area contributed by atoms with Gasteiger partial charge >= 0.3 is 0 Å². The molecule has 1 saturated heterocycles. The Hall–Kier alpha value is -1.18. The van der Waals surface area contributed by atoms with E-state index in [0.29, 0.717) is 17.0 Å². The molecule has 0 saturated carbocycles. The van der Waals surface area contributed by atoms with Gasteiger partial charge in [-0.3, -0.25) is 9.69 Å². The quantitative estimate of drug-likeness (QED) is 0.864. The van der Waals surface area contributed by atoms with Gasteiger partial charge in [-0.1, -0.05) is 17.7 Å². The third kappa shape index (κ3) is 4.89. The maximum absolute atomic E-state index is 13.7. The summed E-state index contributed by atoms with van der Waals surface area (Å²) in [5, 5.41) is 3.08. The second-order valence-electron chi connectivity index (χ2n) is 6.32. The Kier molecular flexibility index (Phi) is 5.33. The molecule has 8 heteroatoms. The van der Waals surface area contributed by atoms with Gasteiger partial charge in [-0.25, -0.2) is 12.8 Å². The molecule has 1 amide bonds. The van der Waals surface area contributed by atoms with Crippen LogP contribution in [-0.2, 0) is 21.2 Å². The Balaban J connectivity index is 1.93. The van der Waals surface area contributed by atoms with E-state index in [9.17, 15) is 17.6 Å². The number of halogens is 2. The number of benzene rings is 1. The average Bonchev–Trinajstić information content (AvgIpc) is 2.67. The van der Waals surface area contributed by atoms with Crippen LogP contribution in [0.3, 0.4) is 0 Å². The molecule has 0 bridgehead atoms. The second kappa shape index (κ2) is 6.75. The largest absolute Gasteiger partial charge is 0.349 e. The fraction of sp³-hybridized carbons (Fsp3) is 0.533. The fourth-order valence-electron chi connectivity index (χ4n) is 2.74. The van der Waals surface area contributed by atoms with Gasteiger partial charge in [-0.15, -0.1) is 0 Å². The number of carbonyl (C=O) groups excluding carboxylic acids is 1. The van der Waals surface area contributed by atoms with Crippen molar-refractivity contribution in [2.75, 3.05) is 25.1 Å². The van der Waals surface area contributed by atoms with Crippen LogP contribution in [-0.4, -0.2) is 49.9 Å². The molecule has 0 spiro atoms. The first-order valence-electron chi connectivity index (χ1n) is 7.23. The highest BCUT2D eigenvalue weighted by Gasteiger charge is 2.39. The van der Waals surface area contributed by atoms with Gasteiger partial charge in [0.25, 0.3) is 0 Å². The molecule has 2 rings (SSSR count). The van der Waals surface area contributed by atoms with Gasteiger partial charge in [0.1, 0.15) is 5.82 Å². The van der Waals surface area contributed by atoms with E-state index in [-0.39, 0.29) is 30.5 Å². The molecular weight excluding hydrogens is 343 g/mol. The summed E-state index contributed by atoms with van der Waals surface area (Å²) < 4.78 is 36.8. The van der Waals surface area contributed by atoms with E-state index >= 15 is 0 Å². The summed E-state index contributed by atoms with van der Waals surface area (Å²) in [7, 11) is -1.41. The number of likely N-dealkylation sites (N-methyl/N-ethyl adjacent to an activating group) is 1. The van der Waals surface area contributed by atoms with Crippen LogP contribution in [0.1, 0.15) is 18.9 Å². The number of amides is 1. The van der Waals surface area contributed by atoms with Crippen LogP contribution < -0.4 is 5.32 Å². The summed E-state index contributed by atoms with van der Waals surface area (Å²) in [6.45, 7) is 1.94. The summed E-state index contributed by atoms with van der Waals surface area (Å²) in [6.07, 6.45) is 0.407. The van der Waals surface area contributed by atoms with E-state index in [2.05, 4.69) is 5.32 Å². The SMILES string of the molecule is CN(CC(=O)N[C@]1(C)CCS(=O)(=O)C1)Cc1c(F)cccc1Cl. The second-order valence-corrected chi connectivity index (χ2v) is 8.91. The maximum Gasteiger partial charge on any atom is 0.234 e. The summed E-state index contributed by atoms with van der Waals surface area (Å²) in [5.41, 5.74) is -0.397. The third-order valence-corrected chi connectivity index (χ3v) is 6.10. The highest BCUT2D eigenvalue weighted by molar-refractivity contribution is 7.91. The van der Waals surface area contributed by atoms with Gasteiger partial charge in [0.15, 0.2) is 9.84 Å². The van der Waals surface area contributed by atoms with E-state index in [0.717, 1.165) is 0 Å². The molecule has 1 aromatic carbocycles. The number of sulfone groups is 1. The minimum absolute atomic E-state index is 0.0281. The number of hydrogen-bond acceptors (Lipinski definition) is 4. The Morgan fingerprint density at radius 2 is 2.17 bits per heavy atom. The monoisotopic (exact) mass is 362 g/mol. The van der Waals surface area contributed by atoms with Crippen LogP contribution in [0.15, 0.2) is 18.2 Å². The van der Waals surface area contributed by atoms with Crippen molar-refractivity contribution in [2.45, 2.75) is 25.4 Å². The fourth-order valence-corrected chi connectivity index (χ4v) is 5.06. The lowest BCUT2D eigenvalue weighted by Crippen LogP contribution is -2.49. The van der Waals surface area contributed by atoms with E-state index in [1.165, 1.54) is 12.1 Å². The number of carbonyl (C=O) groups is 1. The van der Waals surface area contributed by atoms with Crippen LogP contribution in [0.25, 0.3) is 0 Å². The lowest BCUT2D eigenvalue weighted by atomic mass is 10.0. The zero-order chi connectivity index (χ0) is 17.3. The lowest BCUT2D eigenvalue weighted by Gasteiger charge is -2.26. The Morgan fingerprint density at radius 3 is 2.74 bits per heavy atom. The molecule has 0 aliphatic carbocycles. The molecule has 1 heterocycles. The van der Waals surface area contributed by atoms with Crippen molar-refractivity contribution in [3.8, 4) is 0 Å². The predicted octanol–water partition coefficient (Wildman–Crippen LogP) is 1.60. The first-order valence-corrected chi connectivity index (χ1v) is 9.43. The average molecular weight is 363 g/mol. The van der Waals surface area contributed by atoms with Gasteiger partial charge < -0.3 is 5.32 Å². The van der Waals surface area contributed by atoms with E-state index in [1.54, 1.807) is 24.9 Å². The summed E-state index contributed by atoms with van der Waals surface area (Å²) >= 11 is 5.97. The summed E-state index contributed by atoms with van der Waals surface area (Å²) in [5.74, 6) is -0.669. The van der Waals surface area contributed by atoms with Crippen molar-refractivity contribution >= 4 is 27.3 Å². The number of hydrogen-bond donors (Lipinski definition) is 1. The molecule has 1 aliphatic rings. The van der Waals surface area contributed by atoms with Crippen LogP contribution in [0.5, 0.6) is 0 Å². The Labute approximate surface area is 140 Å². The normalized spacial score (nSPS) is 23.2. The zero-order valence-corrected chi connectivity index (χ0v) is 14.7. The van der Waals surface area contributed by atoms with Crippen molar-refractivity contribution in [2.24, 2.45) is 0 Å². The molecule has 23 heavy (non-hydrogen) atoms. The van der Waals surface area contributed by atoms with Crippen molar-refractivity contribution in [1.29, 1.82) is 0 Å². The molecule has 1 atom stereocenters. The standard InChI is InChI=1S/C15H20ClFN2O3S/c1-15(6-7-23(21,22)10-15)18-14(20)9-19(2)8-11-12(16)4-3-5-13(11)17/h3-5H,6-10H2,1-2H3,(H,18,20)/t15-/m1/s1. The smallest absolute Gasteiger partial charge is 0.234 e. The molecule has 0 aromatic heterocycles. The first kappa shape index (κ1) is 18.2. The van der Waals surface area contributed by atoms with Crippen molar-refractivity contribution < 1.29 is 17.6 Å². The molecule has 1 N–H and O–H groups in total. The number of nitrogens with zero attached hydrogens (tertiary/aromatic N) is 1. The minimum atomic E-state index is -3.08. The van der Waals surface area contributed by atoms with E-state index in [1.807, 2.05) is 0 Å². The predicted molar refractivity (Wildman–Crippen MR) is 87.6 cm³/mol. The molecule has 0 unspecified atom stereocenters. The summed E-state index contributed by atoms with van der Waals surface area (Å²) in [4.78, 5) is 13.7. The minimum Gasteiger partial charge on any atom is -0.349 e. The van der Waals surface area contributed by atoms with Crippen molar-refractivity contribution in [3.05, 3.63) is 34.6 Å². The molecule has 128 valence electrons. The van der Waals surface area contributed by atoms with Crippen LogP contribution in [0.2, 0.25) is 5.02 Å². The highest BCUT2D eigenvalue weighted by atomic mass is 35.5. The van der Waals surface area contributed by atoms with Gasteiger partial charge in [0.05, 0.1) is 23.6 Å². The molecule has 1 aromatic rings. The van der Waals surface area contributed by atoms with Gasteiger partial charge in [-0.05, 0) is 32.5 Å². The molecular formula is C15H20ClFN2O3S. The van der Waals surface area contributed by atoms with Crippen LogP contribution in [0.4, 0.5) is 4.39 Å². The third-order valence-electron chi connectivity index (χ3n) is 3.85. The van der Waals surface area contributed by atoms with Crippen LogP contribution in [0, 0.1) is 5.82 Å². The van der Waals surface area contributed by atoms with Gasteiger partial charge in [-0.2, -0.15) is 0 Å². The molecule has 5 nitrogen and oxygen atoms in total. The molecule has 1 aliphatic heterocycles. The molecule has 1 fully saturated rings. The molecule has 0 radical (unpaired) electrons. The van der Waals surface area contributed by atoms with Crippen molar-refractivity contribution in [1.82, 2.24) is 10.2 Å². The lowest BCUT2D eigenvalue weighted by molar-refractivity contribution is -0.123.